The predicted octanol–water partition coefficient (Wildman–Crippen LogP) is 3.34. The van der Waals surface area contributed by atoms with Crippen LogP contribution in [0.2, 0.25) is 0 Å². The first kappa shape index (κ1) is 21.7. The Hall–Kier alpha value is -1.34. The van der Waals surface area contributed by atoms with E-state index in [4.69, 9.17) is 10.5 Å². The average Bonchev–Trinajstić information content (AvgIpc) is 3.32. The fourth-order valence-electron chi connectivity index (χ4n) is 2.48. The van der Waals surface area contributed by atoms with Crippen molar-refractivity contribution in [3.63, 3.8) is 0 Å². The molecule has 1 aromatic carbocycles. The number of hydrogen-bond donors (Lipinski definition) is 2. The number of aromatic nitrogens is 1. The summed E-state index contributed by atoms with van der Waals surface area (Å²) < 4.78 is 5.73. The maximum absolute atomic E-state index is 12.3. The number of ether oxygens (including phenoxy) is 1. The number of carbonyl (C=O) groups excluding carboxylic acids is 1. The molecule has 3 rings (SSSR count). The lowest BCUT2D eigenvalue weighted by molar-refractivity contribution is 0.0933. The second kappa shape index (κ2) is 9.97. The Morgan fingerprint density at radius 2 is 2.20 bits per heavy atom. The molecule has 1 aromatic heterocycles. The number of amides is 1. The Bertz CT molecular complexity index is 692. The van der Waals surface area contributed by atoms with Gasteiger partial charge in [-0.2, -0.15) is 0 Å². The highest BCUT2D eigenvalue weighted by molar-refractivity contribution is 7.09. The molecule has 2 aromatic rings. The molecule has 0 bridgehead atoms. The fraction of sp³-hybridized carbons (Fsp3) is 0.412. The summed E-state index contributed by atoms with van der Waals surface area (Å²) in [5.74, 6) is 1.11. The van der Waals surface area contributed by atoms with Crippen LogP contribution in [0, 0.1) is 12.8 Å². The maximum Gasteiger partial charge on any atom is 0.251 e. The monoisotopic (exact) mass is 403 g/mol. The molecular weight excluding hydrogens is 381 g/mol. The molecule has 1 atom stereocenters. The summed E-state index contributed by atoms with van der Waals surface area (Å²) in [6.45, 7) is 2.85. The van der Waals surface area contributed by atoms with E-state index in [9.17, 15) is 4.79 Å². The van der Waals surface area contributed by atoms with Crippen molar-refractivity contribution in [3.8, 4) is 5.75 Å². The Morgan fingerprint density at radius 1 is 1.44 bits per heavy atom. The number of benzene rings is 1. The molecule has 3 N–H and O–H groups in total. The molecule has 0 saturated heterocycles. The Balaban J connectivity index is 0.00000156. The highest BCUT2D eigenvalue weighted by Crippen LogP contribution is 2.32. The smallest absolute Gasteiger partial charge is 0.251 e. The van der Waals surface area contributed by atoms with Gasteiger partial charge in [-0.25, -0.2) is 4.98 Å². The number of rotatable bonds is 7. The molecule has 1 unspecified atom stereocenters. The third-order valence-electron chi connectivity index (χ3n) is 3.91. The first-order chi connectivity index (χ1) is 11.2. The number of hydrogen-bond acceptors (Lipinski definition) is 5. The van der Waals surface area contributed by atoms with E-state index in [1.165, 1.54) is 0 Å². The summed E-state index contributed by atoms with van der Waals surface area (Å²) in [6.07, 6.45) is 2.30. The molecule has 1 heterocycles. The summed E-state index contributed by atoms with van der Waals surface area (Å²) in [7, 11) is 0. The minimum absolute atomic E-state index is 0. The number of nitrogens with zero attached hydrogens (tertiary/aromatic N) is 1. The molecule has 1 saturated carbocycles. The highest BCUT2D eigenvalue weighted by atomic mass is 35.5. The van der Waals surface area contributed by atoms with Crippen LogP contribution in [0.15, 0.2) is 29.6 Å². The third kappa shape index (κ3) is 6.15. The minimum atomic E-state index is -0.0951. The van der Waals surface area contributed by atoms with Crippen LogP contribution in [0.4, 0.5) is 0 Å². The summed E-state index contributed by atoms with van der Waals surface area (Å²) in [5.41, 5.74) is 7.23. The number of nitrogens with one attached hydrogen (secondary N) is 1. The molecule has 25 heavy (non-hydrogen) atoms. The van der Waals surface area contributed by atoms with Crippen molar-refractivity contribution in [2.24, 2.45) is 11.7 Å². The Labute approximate surface area is 164 Å². The molecule has 5 nitrogen and oxygen atoms in total. The van der Waals surface area contributed by atoms with Gasteiger partial charge in [-0.3, -0.25) is 4.79 Å². The van der Waals surface area contributed by atoms with E-state index < -0.39 is 0 Å². The second-order valence-corrected chi connectivity index (χ2v) is 6.89. The molecule has 0 aliphatic heterocycles. The average molecular weight is 404 g/mol. The normalized spacial score (nSPS) is 14.0. The lowest BCUT2D eigenvalue weighted by Gasteiger charge is -2.16. The summed E-state index contributed by atoms with van der Waals surface area (Å²) in [4.78, 5) is 16.7. The Kier molecular flexibility index (Phi) is 8.65. The fourth-order valence-corrected chi connectivity index (χ4v) is 3.08. The van der Waals surface area contributed by atoms with Gasteiger partial charge in [0.05, 0.1) is 10.7 Å². The zero-order chi connectivity index (χ0) is 16.2. The van der Waals surface area contributed by atoms with Crippen LogP contribution in [-0.4, -0.2) is 23.5 Å². The molecule has 0 radical (unpaired) electrons. The van der Waals surface area contributed by atoms with E-state index in [2.05, 4.69) is 10.3 Å². The van der Waals surface area contributed by atoms with Crippen LogP contribution in [-0.2, 0) is 6.61 Å². The van der Waals surface area contributed by atoms with Crippen molar-refractivity contribution in [3.05, 3.63) is 45.9 Å². The van der Waals surface area contributed by atoms with E-state index in [-0.39, 0.29) is 36.8 Å². The van der Waals surface area contributed by atoms with Crippen molar-refractivity contribution < 1.29 is 9.53 Å². The Morgan fingerprint density at radius 3 is 2.80 bits per heavy atom. The van der Waals surface area contributed by atoms with Gasteiger partial charge >= 0.3 is 0 Å². The number of nitrogens with two attached hydrogens (primary N) is 1. The van der Waals surface area contributed by atoms with E-state index in [1.807, 2.05) is 24.4 Å². The van der Waals surface area contributed by atoms with Crippen LogP contribution in [0.3, 0.4) is 0 Å². The van der Waals surface area contributed by atoms with E-state index in [0.717, 1.165) is 23.5 Å². The quantitative estimate of drug-likeness (QED) is 0.742. The maximum atomic E-state index is 12.3. The summed E-state index contributed by atoms with van der Waals surface area (Å²) in [6, 6.07) is 7.29. The molecule has 1 aliphatic carbocycles. The molecular formula is C17H23Cl2N3O2S. The van der Waals surface area contributed by atoms with Gasteiger partial charge in [0.25, 0.3) is 5.91 Å². The van der Waals surface area contributed by atoms with E-state index in [0.29, 0.717) is 30.4 Å². The van der Waals surface area contributed by atoms with Crippen molar-refractivity contribution in [1.29, 1.82) is 0 Å². The van der Waals surface area contributed by atoms with E-state index >= 15 is 0 Å². The van der Waals surface area contributed by atoms with Crippen molar-refractivity contribution in [2.45, 2.75) is 32.4 Å². The van der Waals surface area contributed by atoms with Crippen molar-refractivity contribution in [1.82, 2.24) is 10.3 Å². The third-order valence-corrected chi connectivity index (χ3v) is 4.73. The van der Waals surface area contributed by atoms with Crippen LogP contribution >= 0.6 is 36.2 Å². The molecule has 0 spiro atoms. The second-order valence-electron chi connectivity index (χ2n) is 5.83. The molecule has 138 valence electrons. The number of thiazole rings is 1. The largest absolute Gasteiger partial charge is 0.487 e. The lowest BCUT2D eigenvalue weighted by atomic mass is 10.1. The summed E-state index contributed by atoms with van der Waals surface area (Å²) in [5, 5.41) is 6.02. The van der Waals surface area contributed by atoms with Gasteiger partial charge < -0.3 is 15.8 Å². The SMILES string of the molecule is Cc1nc(COc2cccc(C(=O)NC(CN)C3CC3)c2)cs1.Cl.Cl. The van der Waals surface area contributed by atoms with Gasteiger partial charge in [-0.1, -0.05) is 6.07 Å². The predicted molar refractivity (Wildman–Crippen MR) is 105 cm³/mol. The van der Waals surface area contributed by atoms with Gasteiger partial charge in [-0.15, -0.1) is 36.2 Å². The zero-order valence-corrected chi connectivity index (χ0v) is 16.4. The number of aryl methyl sites for hydroxylation is 1. The van der Waals surface area contributed by atoms with Crippen LogP contribution < -0.4 is 15.8 Å². The van der Waals surface area contributed by atoms with Crippen LogP contribution in [0.5, 0.6) is 5.75 Å². The van der Waals surface area contributed by atoms with Gasteiger partial charge in [0.2, 0.25) is 0 Å². The van der Waals surface area contributed by atoms with Crippen LogP contribution in [0.25, 0.3) is 0 Å². The molecule has 8 heteroatoms. The van der Waals surface area contributed by atoms with Gasteiger partial charge in [-0.05, 0) is 43.9 Å². The zero-order valence-electron chi connectivity index (χ0n) is 13.9. The van der Waals surface area contributed by atoms with E-state index in [1.54, 1.807) is 23.5 Å². The van der Waals surface area contributed by atoms with Gasteiger partial charge in [0, 0.05) is 23.5 Å². The lowest BCUT2D eigenvalue weighted by Crippen LogP contribution is -2.41. The topological polar surface area (TPSA) is 77.2 Å². The molecule has 1 fully saturated rings. The first-order valence-corrected chi connectivity index (χ1v) is 8.68. The number of carbonyl (C=O) groups is 1. The number of halogens is 2. The first-order valence-electron chi connectivity index (χ1n) is 7.80. The van der Waals surface area contributed by atoms with Crippen LogP contribution in [0.1, 0.15) is 33.9 Å². The molecule has 1 amide bonds. The molecule has 1 aliphatic rings. The van der Waals surface area contributed by atoms with Gasteiger partial charge in [0.1, 0.15) is 12.4 Å². The minimum Gasteiger partial charge on any atom is -0.487 e. The van der Waals surface area contributed by atoms with Crippen molar-refractivity contribution in [2.75, 3.05) is 6.54 Å². The standard InChI is InChI=1S/C17H21N3O2S.2ClH/c1-11-19-14(10-23-11)9-22-15-4-2-3-13(7-15)17(21)20-16(8-18)12-5-6-12;;/h2-4,7,10,12,16H,5-6,8-9,18H2,1H3,(H,20,21);2*1H. The van der Waals surface area contributed by atoms with Crippen molar-refractivity contribution >= 4 is 42.1 Å². The van der Waals surface area contributed by atoms with Gasteiger partial charge in [0.15, 0.2) is 0 Å². The summed E-state index contributed by atoms with van der Waals surface area (Å²) >= 11 is 1.60. The highest BCUT2D eigenvalue weighted by Gasteiger charge is 2.31.